The van der Waals surface area contributed by atoms with E-state index in [9.17, 15) is 13.5 Å². The Bertz CT molecular complexity index is 353. The number of hydrogen-bond donors (Lipinski definition) is 1. The molecule has 0 aromatic heterocycles. The van der Waals surface area contributed by atoms with Crippen LogP contribution < -0.4 is 0 Å². The van der Waals surface area contributed by atoms with Gasteiger partial charge in [0.05, 0.1) is 19.3 Å². The van der Waals surface area contributed by atoms with E-state index in [1.807, 2.05) is 0 Å². The summed E-state index contributed by atoms with van der Waals surface area (Å²) >= 11 is 0. The zero-order valence-corrected chi connectivity index (χ0v) is 10.9. The minimum absolute atomic E-state index is 0.0272. The van der Waals surface area contributed by atoms with Crippen LogP contribution >= 0.6 is 0 Å². The van der Waals surface area contributed by atoms with Crippen molar-refractivity contribution in [1.82, 2.24) is 8.77 Å². The summed E-state index contributed by atoms with van der Waals surface area (Å²) in [6.45, 7) is 0.0805. The molecule has 7 heteroatoms. The SMILES string of the molecule is CN(C1CCCCC1)S(=O)(=O)N1C[C@H](O)CO1. The lowest BCUT2D eigenvalue weighted by Crippen LogP contribution is -2.46. The van der Waals surface area contributed by atoms with Crippen LogP contribution in [-0.2, 0) is 15.0 Å². The molecule has 100 valence electrons. The van der Waals surface area contributed by atoms with Gasteiger partial charge in [-0.1, -0.05) is 23.7 Å². The standard InChI is InChI=1S/C10H20N2O4S/c1-11(9-5-3-2-4-6-9)17(14,15)12-7-10(13)8-16-12/h9-10,13H,2-8H2,1H3/t10-/m0/s1. The number of nitrogens with zero attached hydrogens (tertiary/aromatic N) is 2. The van der Waals surface area contributed by atoms with Gasteiger partial charge in [-0.15, -0.1) is 0 Å². The second-order valence-electron chi connectivity index (χ2n) is 4.75. The summed E-state index contributed by atoms with van der Waals surface area (Å²) in [5, 5.41) is 9.31. The summed E-state index contributed by atoms with van der Waals surface area (Å²) in [6.07, 6.45) is 4.44. The normalized spacial score (nSPS) is 29.0. The number of hydrogen-bond acceptors (Lipinski definition) is 4. The van der Waals surface area contributed by atoms with Crippen molar-refractivity contribution in [2.24, 2.45) is 0 Å². The van der Waals surface area contributed by atoms with E-state index in [4.69, 9.17) is 4.84 Å². The minimum atomic E-state index is -3.59. The molecule has 0 aromatic carbocycles. The van der Waals surface area contributed by atoms with Crippen molar-refractivity contribution in [3.05, 3.63) is 0 Å². The first kappa shape index (κ1) is 13.2. The summed E-state index contributed by atoms with van der Waals surface area (Å²) in [7, 11) is -1.99. The molecule has 0 unspecified atom stereocenters. The molecular formula is C10H20N2O4S. The van der Waals surface area contributed by atoms with Crippen molar-refractivity contribution in [3.8, 4) is 0 Å². The van der Waals surface area contributed by atoms with Crippen LogP contribution in [-0.4, -0.2) is 54.6 Å². The molecule has 1 aliphatic heterocycles. The Morgan fingerprint density at radius 1 is 1.29 bits per heavy atom. The van der Waals surface area contributed by atoms with Gasteiger partial charge >= 0.3 is 10.2 Å². The van der Waals surface area contributed by atoms with Crippen LogP contribution in [0.2, 0.25) is 0 Å². The van der Waals surface area contributed by atoms with Crippen molar-refractivity contribution < 1.29 is 18.4 Å². The molecule has 1 aliphatic carbocycles. The molecule has 6 nitrogen and oxygen atoms in total. The van der Waals surface area contributed by atoms with Crippen LogP contribution in [0.5, 0.6) is 0 Å². The highest BCUT2D eigenvalue weighted by atomic mass is 32.2. The first-order chi connectivity index (χ1) is 8.01. The topological polar surface area (TPSA) is 70.1 Å². The monoisotopic (exact) mass is 264 g/mol. The minimum Gasteiger partial charge on any atom is -0.389 e. The molecule has 2 rings (SSSR count). The van der Waals surface area contributed by atoms with E-state index in [1.165, 1.54) is 10.7 Å². The Labute approximate surface area is 102 Å². The van der Waals surface area contributed by atoms with Gasteiger partial charge in [-0.05, 0) is 12.8 Å². The van der Waals surface area contributed by atoms with Gasteiger partial charge in [0.1, 0.15) is 0 Å². The molecule has 0 aromatic rings. The quantitative estimate of drug-likeness (QED) is 0.785. The molecule has 17 heavy (non-hydrogen) atoms. The first-order valence-electron chi connectivity index (χ1n) is 6.08. The second-order valence-corrected chi connectivity index (χ2v) is 6.63. The molecule has 0 bridgehead atoms. The summed E-state index contributed by atoms with van der Waals surface area (Å²) < 4.78 is 26.7. The van der Waals surface area contributed by atoms with E-state index in [1.54, 1.807) is 7.05 Å². The van der Waals surface area contributed by atoms with Gasteiger partial charge in [-0.25, -0.2) is 0 Å². The third kappa shape index (κ3) is 2.79. The lowest BCUT2D eigenvalue weighted by atomic mass is 9.96. The molecule has 1 saturated carbocycles. The molecule has 2 fully saturated rings. The predicted octanol–water partition coefficient (Wildman–Crippen LogP) is 0.104. The maximum Gasteiger partial charge on any atom is 0.304 e. The van der Waals surface area contributed by atoms with Crippen LogP contribution in [0.15, 0.2) is 0 Å². The van der Waals surface area contributed by atoms with Crippen LogP contribution in [0.1, 0.15) is 32.1 Å². The maximum atomic E-state index is 12.2. The molecule has 1 saturated heterocycles. The van der Waals surface area contributed by atoms with Crippen molar-refractivity contribution in [3.63, 3.8) is 0 Å². The Morgan fingerprint density at radius 2 is 1.94 bits per heavy atom. The molecule has 1 atom stereocenters. The summed E-state index contributed by atoms with van der Waals surface area (Å²) in [6, 6.07) is 0.0649. The maximum absolute atomic E-state index is 12.2. The highest BCUT2D eigenvalue weighted by Gasteiger charge is 2.37. The zero-order chi connectivity index (χ0) is 12.5. The Morgan fingerprint density at radius 3 is 2.47 bits per heavy atom. The van der Waals surface area contributed by atoms with Crippen LogP contribution in [0.3, 0.4) is 0 Å². The molecular weight excluding hydrogens is 244 g/mol. The molecule has 1 N–H and O–H groups in total. The highest BCUT2D eigenvalue weighted by Crippen LogP contribution is 2.25. The van der Waals surface area contributed by atoms with E-state index < -0.39 is 16.3 Å². The smallest absolute Gasteiger partial charge is 0.304 e. The number of aliphatic hydroxyl groups is 1. The fourth-order valence-corrected chi connectivity index (χ4v) is 3.81. The Balaban J connectivity index is 2.03. The third-order valence-corrected chi connectivity index (χ3v) is 5.28. The van der Waals surface area contributed by atoms with E-state index in [0.717, 1.165) is 30.2 Å². The van der Waals surface area contributed by atoms with E-state index in [0.29, 0.717) is 0 Å². The van der Waals surface area contributed by atoms with Crippen LogP contribution in [0, 0.1) is 0 Å². The van der Waals surface area contributed by atoms with Crippen molar-refractivity contribution in [1.29, 1.82) is 0 Å². The molecule has 1 heterocycles. The van der Waals surface area contributed by atoms with Gasteiger partial charge in [-0.2, -0.15) is 12.7 Å². The molecule has 2 aliphatic rings. The number of rotatable bonds is 3. The molecule has 0 spiro atoms. The number of aliphatic hydroxyl groups excluding tert-OH is 1. The molecule has 0 radical (unpaired) electrons. The van der Waals surface area contributed by atoms with Crippen LogP contribution in [0.4, 0.5) is 0 Å². The number of hydroxylamine groups is 1. The first-order valence-corrected chi connectivity index (χ1v) is 7.48. The Kier molecular flexibility index (Phi) is 4.04. The van der Waals surface area contributed by atoms with E-state index in [2.05, 4.69) is 0 Å². The number of β-amino-alcohol motifs (C(OH)–C–C–N with tert-alkyl or cyclic N) is 1. The largest absolute Gasteiger partial charge is 0.389 e. The van der Waals surface area contributed by atoms with Crippen molar-refractivity contribution in [2.45, 2.75) is 44.2 Å². The fourth-order valence-electron chi connectivity index (χ4n) is 2.38. The average Bonchev–Trinajstić information content (AvgIpc) is 2.77. The van der Waals surface area contributed by atoms with Gasteiger partial charge in [0.15, 0.2) is 0 Å². The van der Waals surface area contributed by atoms with Crippen LogP contribution in [0.25, 0.3) is 0 Å². The predicted molar refractivity (Wildman–Crippen MR) is 62.2 cm³/mol. The van der Waals surface area contributed by atoms with E-state index >= 15 is 0 Å². The van der Waals surface area contributed by atoms with E-state index in [-0.39, 0.29) is 19.2 Å². The lowest BCUT2D eigenvalue weighted by Gasteiger charge is -2.32. The second kappa shape index (κ2) is 5.19. The van der Waals surface area contributed by atoms with Gasteiger partial charge < -0.3 is 5.11 Å². The molecule has 0 amide bonds. The summed E-state index contributed by atoms with van der Waals surface area (Å²) in [4.78, 5) is 5.00. The summed E-state index contributed by atoms with van der Waals surface area (Å²) in [5.41, 5.74) is 0. The third-order valence-electron chi connectivity index (χ3n) is 3.48. The average molecular weight is 264 g/mol. The van der Waals surface area contributed by atoms with Gasteiger partial charge in [0, 0.05) is 13.1 Å². The lowest BCUT2D eigenvalue weighted by molar-refractivity contribution is -0.0376. The van der Waals surface area contributed by atoms with Crippen molar-refractivity contribution in [2.75, 3.05) is 20.2 Å². The van der Waals surface area contributed by atoms with Gasteiger partial charge in [0.25, 0.3) is 0 Å². The van der Waals surface area contributed by atoms with Gasteiger partial charge in [-0.3, -0.25) is 4.84 Å². The summed E-state index contributed by atoms with van der Waals surface area (Å²) in [5.74, 6) is 0. The van der Waals surface area contributed by atoms with Gasteiger partial charge in [0.2, 0.25) is 0 Å². The highest BCUT2D eigenvalue weighted by molar-refractivity contribution is 7.86. The van der Waals surface area contributed by atoms with Crippen molar-refractivity contribution >= 4 is 10.2 Å². The fraction of sp³-hybridized carbons (Fsp3) is 1.00. The zero-order valence-electron chi connectivity index (χ0n) is 10.1. The Hall–Kier alpha value is -0.210.